The van der Waals surface area contributed by atoms with E-state index < -0.39 is 0 Å². The molecule has 0 radical (unpaired) electrons. The molecule has 14 aromatic rings. The molecular formula is C61H39N5. The molecule has 308 valence electrons. The van der Waals surface area contributed by atoms with Crippen LogP contribution in [0, 0.1) is 0 Å². The molecule has 0 amide bonds. The molecule has 0 aliphatic heterocycles. The van der Waals surface area contributed by atoms with Gasteiger partial charge in [0.05, 0.1) is 44.1 Å². The highest BCUT2D eigenvalue weighted by Crippen LogP contribution is 2.41. The summed E-state index contributed by atoms with van der Waals surface area (Å²) >= 11 is 0. The van der Waals surface area contributed by atoms with Crippen LogP contribution in [-0.2, 0) is 0 Å². The number of benzene rings is 10. The summed E-state index contributed by atoms with van der Waals surface area (Å²) in [7, 11) is 0. The minimum absolute atomic E-state index is 0.927. The molecule has 4 aromatic heterocycles. The van der Waals surface area contributed by atoms with Crippen molar-refractivity contribution in [2.75, 3.05) is 0 Å². The SMILES string of the molecule is c1ccc(-n2c(-c3ccc(-c4ccc5c(c4)c4cc(-n6c7ccccc7c7cc(-n8c9ccccc9c9ccccc98)ccc76)ccc4n5-c4ccccc4)cc3)nc3ccccc32)cc1. The van der Waals surface area contributed by atoms with Gasteiger partial charge in [-0.3, -0.25) is 4.57 Å². The second-order valence-electron chi connectivity index (χ2n) is 17.2. The monoisotopic (exact) mass is 841 g/mol. The largest absolute Gasteiger partial charge is 0.309 e. The predicted molar refractivity (Wildman–Crippen MR) is 275 cm³/mol. The van der Waals surface area contributed by atoms with Crippen molar-refractivity contribution in [2.24, 2.45) is 0 Å². The third-order valence-corrected chi connectivity index (χ3v) is 13.6. The van der Waals surface area contributed by atoms with Crippen molar-refractivity contribution in [3.8, 4) is 45.3 Å². The van der Waals surface area contributed by atoms with Gasteiger partial charge in [0, 0.05) is 60.6 Å². The fourth-order valence-corrected chi connectivity index (χ4v) is 10.6. The number of nitrogens with zero attached hydrogens (tertiary/aromatic N) is 5. The van der Waals surface area contributed by atoms with E-state index in [2.05, 4.69) is 255 Å². The van der Waals surface area contributed by atoms with E-state index in [1.54, 1.807) is 0 Å². The quantitative estimate of drug-likeness (QED) is 0.164. The van der Waals surface area contributed by atoms with Crippen LogP contribution in [0.2, 0.25) is 0 Å². The Balaban J connectivity index is 0.929. The van der Waals surface area contributed by atoms with Crippen LogP contribution >= 0.6 is 0 Å². The molecule has 0 fully saturated rings. The molecular weight excluding hydrogens is 803 g/mol. The van der Waals surface area contributed by atoms with Crippen molar-refractivity contribution in [2.45, 2.75) is 0 Å². The number of hydrogen-bond acceptors (Lipinski definition) is 1. The summed E-state index contributed by atoms with van der Waals surface area (Å²) < 4.78 is 9.51. The Kier molecular flexibility index (Phi) is 7.91. The Morgan fingerprint density at radius 2 is 0.606 bits per heavy atom. The van der Waals surface area contributed by atoms with Gasteiger partial charge in [0.25, 0.3) is 0 Å². The summed E-state index contributed by atoms with van der Waals surface area (Å²) in [5.41, 5.74) is 17.1. The van der Waals surface area contributed by atoms with Crippen LogP contribution in [0.5, 0.6) is 0 Å². The van der Waals surface area contributed by atoms with Crippen LogP contribution in [0.1, 0.15) is 0 Å². The van der Waals surface area contributed by atoms with E-state index in [-0.39, 0.29) is 0 Å². The lowest BCUT2D eigenvalue weighted by atomic mass is 10.0. The lowest BCUT2D eigenvalue weighted by molar-refractivity contribution is 1.10. The molecule has 10 aromatic carbocycles. The van der Waals surface area contributed by atoms with Gasteiger partial charge in [-0.25, -0.2) is 4.98 Å². The smallest absolute Gasteiger partial charge is 0.145 e. The molecule has 5 heteroatoms. The Bertz CT molecular complexity index is 4150. The first-order chi connectivity index (χ1) is 32.7. The van der Waals surface area contributed by atoms with E-state index in [0.29, 0.717) is 0 Å². The lowest BCUT2D eigenvalue weighted by Crippen LogP contribution is -1.97. The summed E-state index contributed by atoms with van der Waals surface area (Å²) in [4.78, 5) is 5.13. The van der Waals surface area contributed by atoms with Crippen molar-refractivity contribution in [1.29, 1.82) is 0 Å². The first kappa shape index (κ1) is 36.5. The third kappa shape index (κ3) is 5.44. The molecule has 4 heterocycles. The highest BCUT2D eigenvalue weighted by molar-refractivity contribution is 6.14. The van der Waals surface area contributed by atoms with E-state index in [1.807, 2.05) is 0 Å². The first-order valence-electron chi connectivity index (χ1n) is 22.5. The summed E-state index contributed by atoms with van der Waals surface area (Å²) in [5.74, 6) is 0.927. The zero-order valence-electron chi connectivity index (χ0n) is 35.8. The molecule has 0 bridgehead atoms. The maximum absolute atomic E-state index is 5.13. The Labute approximate surface area is 379 Å². The van der Waals surface area contributed by atoms with Crippen LogP contribution in [-0.4, -0.2) is 23.3 Å². The van der Waals surface area contributed by atoms with Gasteiger partial charge in [0.2, 0.25) is 0 Å². The van der Waals surface area contributed by atoms with Gasteiger partial charge < -0.3 is 13.7 Å². The highest BCUT2D eigenvalue weighted by Gasteiger charge is 2.20. The minimum Gasteiger partial charge on any atom is -0.309 e. The molecule has 0 spiro atoms. The Morgan fingerprint density at radius 3 is 1.18 bits per heavy atom. The van der Waals surface area contributed by atoms with Crippen LogP contribution in [0.4, 0.5) is 0 Å². The molecule has 0 aliphatic rings. The standard InChI is InChI=1S/C61H39N5/c1-3-15-43(16-4-1)63-57-34-31-42(40-27-29-41(30-28-40)61-62-53-22-10-14-26-60(53)66(61)44-17-5-2-6-18-44)37-50(57)52-39-46(33-36-59(52)63)65-56-25-13-9-21-49(56)51-38-45(32-35-58(51)65)64-54-23-11-7-19-47(54)48-20-8-12-24-55(48)64/h1-39H. The Morgan fingerprint density at radius 1 is 0.227 bits per heavy atom. The zero-order chi connectivity index (χ0) is 43.3. The van der Waals surface area contributed by atoms with E-state index in [0.717, 1.165) is 56.3 Å². The zero-order valence-corrected chi connectivity index (χ0v) is 35.8. The van der Waals surface area contributed by atoms with E-state index >= 15 is 0 Å². The highest BCUT2D eigenvalue weighted by atomic mass is 15.1. The van der Waals surface area contributed by atoms with Crippen LogP contribution in [0.25, 0.3) is 122 Å². The fraction of sp³-hybridized carbons (Fsp3) is 0. The summed E-state index contributed by atoms with van der Waals surface area (Å²) in [6, 6.07) is 85.6. The number of hydrogen-bond donors (Lipinski definition) is 0. The third-order valence-electron chi connectivity index (χ3n) is 13.6. The van der Waals surface area contributed by atoms with Crippen molar-refractivity contribution < 1.29 is 0 Å². The number of para-hydroxylation sites is 7. The number of fused-ring (bicyclic) bond motifs is 10. The van der Waals surface area contributed by atoms with Crippen LogP contribution in [0.15, 0.2) is 237 Å². The molecule has 0 unspecified atom stereocenters. The summed E-state index contributed by atoms with van der Waals surface area (Å²) in [5, 5.41) is 7.39. The van der Waals surface area contributed by atoms with Gasteiger partial charge in [0.1, 0.15) is 5.82 Å². The normalized spacial score (nSPS) is 11.9. The Hall–Kier alpha value is -8.93. The first-order valence-corrected chi connectivity index (χ1v) is 22.5. The maximum Gasteiger partial charge on any atom is 0.145 e. The summed E-state index contributed by atoms with van der Waals surface area (Å²) in [6.07, 6.45) is 0. The molecule has 0 saturated heterocycles. The molecule has 66 heavy (non-hydrogen) atoms. The van der Waals surface area contributed by atoms with Crippen molar-refractivity contribution in [3.05, 3.63) is 237 Å². The van der Waals surface area contributed by atoms with Crippen molar-refractivity contribution in [1.82, 2.24) is 23.3 Å². The number of rotatable bonds is 6. The maximum atomic E-state index is 5.13. The predicted octanol–water partition coefficient (Wildman–Crippen LogP) is 15.7. The lowest BCUT2D eigenvalue weighted by Gasteiger charge is -2.11. The molecule has 0 saturated carbocycles. The molecule has 0 atom stereocenters. The molecule has 14 rings (SSSR count). The van der Waals surface area contributed by atoms with E-state index in [4.69, 9.17) is 4.98 Å². The van der Waals surface area contributed by atoms with Gasteiger partial charge in [-0.1, -0.05) is 133 Å². The molecule has 0 N–H and O–H groups in total. The second-order valence-corrected chi connectivity index (χ2v) is 17.2. The van der Waals surface area contributed by atoms with Crippen LogP contribution in [0.3, 0.4) is 0 Å². The topological polar surface area (TPSA) is 32.6 Å². The van der Waals surface area contributed by atoms with Gasteiger partial charge >= 0.3 is 0 Å². The minimum atomic E-state index is 0.927. The number of imidazole rings is 1. The average Bonchev–Trinajstić information content (AvgIpc) is 4.13. The van der Waals surface area contributed by atoms with Crippen molar-refractivity contribution >= 4 is 76.5 Å². The van der Waals surface area contributed by atoms with Crippen LogP contribution < -0.4 is 0 Å². The fourth-order valence-electron chi connectivity index (χ4n) is 10.6. The van der Waals surface area contributed by atoms with Gasteiger partial charge in [-0.15, -0.1) is 0 Å². The van der Waals surface area contributed by atoms with E-state index in [1.165, 1.54) is 65.4 Å². The number of aromatic nitrogens is 5. The van der Waals surface area contributed by atoms with Gasteiger partial charge in [0.15, 0.2) is 0 Å². The van der Waals surface area contributed by atoms with E-state index in [9.17, 15) is 0 Å². The average molecular weight is 842 g/mol. The summed E-state index contributed by atoms with van der Waals surface area (Å²) in [6.45, 7) is 0. The molecule has 0 aliphatic carbocycles. The van der Waals surface area contributed by atoms with Gasteiger partial charge in [-0.2, -0.15) is 0 Å². The second kappa shape index (κ2) is 14.3. The van der Waals surface area contributed by atoms with Gasteiger partial charge in [-0.05, 0) is 114 Å². The van der Waals surface area contributed by atoms with Crippen molar-refractivity contribution in [3.63, 3.8) is 0 Å². The molecule has 5 nitrogen and oxygen atoms in total.